The molecule has 0 bridgehead atoms. The number of nitrogens with zero attached hydrogens (tertiary/aromatic N) is 1. The van der Waals surface area contributed by atoms with Crippen molar-refractivity contribution in [1.82, 2.24) is 9.97 Å². The second-order valence-corrected chi connectivity index (χ2v) is 5.63. The lowest BCUT2D eigenvalue weighted by Crippen LogP contribution is -2.06. The maximum absolute atomic E-state index is 12.7. The SMILES string of the molecule is FC(F)(F)c1cc(Cl)c(-c2nc(Br)c(C(F)(F)F)[nH]2)c(Cl)c1. The normalized spacial score (nSPS) is 12.8. The molecule has 0 aliphatic rings. The van der Waals surface area contributed by atoms with Gasteiger partial charge in [0, 0.05) is 0 Å². The molecule has 1 N–H and O–H groups in total. The Hall–Kier alpha value is -0.930. The summed E-state index contributed by atoms with van der Waals surface area (Å²) in [5.41, 5.74) is -2.57. The van der Waals surface area contributed by atoms with Crippen molar-refractivity contribution in [2.24, 2.45) is 0 Å². The minimum absolute atomic E-state index is 0.257. The van der Waals surface area contributed by atoms with E-state index < -0.39 is 44.1 Å². The first-order chi connectivity index (χ1) is 9.91. The highest BCUT2D eigenvalue weighted by molar-refractivity contribution is 9.10. The third kappa shape index (κ3) is 3.36. The molecule has 2 aromatic rings. The Labute approximate surface area is 137 Å². The standard InChI is InChI=1S/C11H3BrCl2F6N2/c12-8-7(11(18,19)20)21-9(22-8)6-4(13)1-3(2-5(6)14)10(15,16)17/h1-2H,(H,21,22). The molecule has 2 rings (SSSR count). The van der Waals surface area contributed by atoms with Gasteiger partial charge in [-0.15, -0.1) is 0 Å². The lowest BCUT2D eigenvalue weighted by Gasteiger charge is -2.11. The molecule has 0 spiro atoms. The van der Waals surface area contributed by atoms with Crippen LogP contribution in [0.4, 0.5) is 26.3 Å². The topological polar surface area (TPSA) is 28.7 Å². The lowest BCUT2D eigenvalue weighted by atomic mass is 10.1. The molecule has 11 heteroatoms. The second-order valence-electron chi connectivity index (χ2n) is 4.06. The van der Waals surface area contributed by atoms with E-state index in [0.29, 0.717) is 12.1 Å². The van der Waals surface area contributed by atoms with Crippen LogP contribution in [0.5, 0.6) is 0 Å². The van der Waals surface area contributed by atoms with Crippen molar-refractivity contribution in [3.63, 3.8) is 0 Å². The zero-order valence-electron chi connectivity index (χ0n) is 10.0. The fourth-order valence-corrected chi connectivity index (χ4v) is 2.79. The third-order valence-corrected chi connectivity index (χ3v) is 3.72. The first-order valence-electron chi connectivity index (χ1n) is 5.30. The molecule has 0 radical (unpaired) electrons. The van der Waals surface area contributed by atoms with Crippen molar-refractivity contribution in [1.29, 1.82) is 0 Å². The quantitative estimate of drug-likeness (QED) is 0.540. The molecule has 0 atom stereocenters. The minimum atomic E-state index is -4.73. The molecular weight excluding hydrogens is 425 g/mol. The molecule has 120 valence electrons. The first kappa shape index (κ1) is 17.4. The average Bonchev–Trinajstić information content (AvgIpc) is 2.68. The Kier molecular flexibility index (Phi) is 4.44. The summed E-state index contributed by atoms with van der Waals surface area (Å²) in [7, 11) is 0. The number of halogens is 9. The maximum atomic E-state index is 12.7. The molecular formula is C11H3BrCl2F6N2. The number of aromatic nitrogens is 2. The van der Waals surface area contributed by atoms with E-state index in [9.17, 15) is 26.3 Å². The van der Waals surface area contributed by atoms with Crippen LogP contribution in [0.25, 0.3) is 11.4 Å². The van der Waals surface area contributed by atoms with Gasteiger partial charge in [-0.3, -0.25) is 0 Å². The molecule has 1 aromatic heterocycles. The number of H-pyrrole nitrogens is 1. The number of alkyl halides is 6. The summed E-state index contributed by atoms with van der Waals surface area (Å²) in [5, 5.41) is -0.954. The van der Waals surface area contributed by atoms with Crippen LogP contribution in [-0.4, -0.2) is 9.97 Å². The zero-order chi connectivity index (χ0) is 16.9. The predicted molar refractivity (Wildman–Crippen MR) is 71.7 cm³/mol. The number of imidazole rings is 1. The molecule has 0 saturated heterocycles. The monoisotopic (exact) mass is 426 g/mol. The maximum Gasteiger partial charge on any atom is 0.433 e. The zero-order valence-corrected chi connectivity index (χ0v) is 13.1. The van der Waals surface area contributed by atoms with Crippen LogP contribution in [0.3, 0.4) is 0 Å². The number of hydrogen-bond donors (Lipinski definition) is 1. The summed E-state index contributed by atoms with van der Waals surface area (Å²) in [6, 6.07) is 1.12. The second kappa shape index (κ2) is 5.61. The molecule has 2 nitrogen and oxygen atoms in total. The van der Waals surface area contributed by atoms with Crippen molar-refractivity contribution in [2.75, 3.05) is 0 Å². The van der Waals surface area contributed by atoms with Crippen LogP contribution in [0.2, 0.25) is 10.0 Å². The summed E-state index contributed by atoms with van der Waals surface area (Å²) < 4.78 is 75.3. The molecule has 1 heterocycles. The van der Waals surface area contributed by atoms with Gasteiger partial charge in [0.15, 0.2) is 5.69 Å². The molecule has 0 amide bonds. The number of benzene rings is 1. The van der Waals surface area contributed by atoms with Gasteiger partial charge in [0.05, 0.1) is 21.2 Å². The lowest BCUT2D eigenvalue weighted by molar-refractivity contribution is -0.141. The van der Waals surface area contributed by atoms with E-state index in [0.717, 1.165) is 0 Å². The minimum Gasteiger partial charge on any atom is -0.333 e. The number of aromatic amines is 1. The molecule has 0 unspecified atom stereocenters. The van der Waals surface area contributed by atoms with Crippen LogP contribution >= 0.6 is 39.1 Å². The Morgan fingerprint density at radius 2 is 1.45 bits per heavy atom. The molecule has 0 saturated carbocycles. The summed E-state index contributed by atoms with van der Waals surface area (Å²) in [6.07, 6.45) is -9.42. The molecule has 22 heavy (non-hydrogen) atoms. The summed E-state index contributed by atoms with van der Waals surface area (Å²) in [5.74, 6) is -0.400. The van der Waals surface area contributed by atoms with Gasteiger partial charge < -0.3 is 4.98 Å². The summed E-state index contributed by atoms with van der Waals surface area (Å²) >= 11 is 14.0. The fourth-order valence-electron chi connectivity index (χ4n) is 1.62. The predicted octanol–water partition coefficient (Wildman–Crippen LogP) is 6.18. The van der Waals surface area contributed by atoms with Crippen LogP contribution < -0.4 is 0 Å². The number of hydrogen-bond acceptors (Lipinski definition) is 1. The molecule has 0 fully saturated rings. The Balaban J connectivity index is 2.60. The van der Waals surface area contributed by atoms with Gasteiger partial charge in [-0.1, -0.05) is 23.2 Å². The molecule has 0 aliphatic heterocycles. The van der Waals surface area contributed by atoms with Gasteiger partial charge in [-0.2, -0.15) is 26.3 Å². The largest absolute Gasteiger partial charge is 0.433 e. The molecule has 0 aliphatic carbocycles. The van der Waals surface area contributed by atoms with E-state index in [4.69, 9.17) is 23.2 Å². The van der Waals surface area contributed by atoms with E-state index in [1.807, 2.05) is 4.98 Å². The Morgan fingerprint density at radius 3 is 1.82 bits per heavy atom. The van der Waals surface area contributed by atoms with Gasteiger partial charge >= 0.3 is 12.4 Å². The van der Waals surface area contributed by atoms with Gasteiger partial charge in [0.2, 0.25) is 0 Å². The van der Waals surface area contributed by atoms with Gasteiger partial charge in [0.25, 0.3) is 0 Å². The van der Waals surface area contributed by atoms with Crippen LogP contribution in [0.15, 0.2) is 16.7 Å². The fraction of sp³-hybridized carbons (Fsp3) is 0.182. The van der Waals surface area contributed by atoms with Crippen molar-refractivity contribution < 1.29 is 26.3 Å². The average molecular weight is 428 g/mol. The van der Waals surface area contributed by atoms with Gasteiger partial charge in [-0.25, -0.2) is 4.98 Å². The van der Waals surface area contributed by atoms with Crippen LogP contribution in [0, 0.1) is 0 Å². The highest BCUT2D eigenvalue weighted by Gasteiger charge is 2.37. The highest BCUT2D eigenvalue weighted by Crippen LogP contribution is 2.41. The van der Waals surface area contributed by atoms with E-state index in [-0.39, 0.29) is 5.56 Å². The van der Waals surface area contributed by atoms with Crippen LogP contribution in [-0.2, 0) is 12.4 Å². The molecule has 1 aromatic carbocycles. The van der Waals surface area contributed by atoms with Crippen LogP contribution in [0.1, 0.15) is 11.3 Å². The van der Waals surface area contributed by atoms with Crippen molar-refractivity contribution in [3.8, 4) is 11.4 Å². The van der Waals surface area contributed by atoms with Gasteiger partial charge in [0.1, 0.15) is 10.4 Å². The Morgan fingerprint density at radius 1 is 0.955 bits per heavy atom. The van der Waals surface area contributed by atoms with E-state index >= 15 is 0 Å². The van der Waals surface area contributed by atoms with E-state index in [2.05, 4.69) is 20.9 Å². The first-order valence-corrected chi connectivity index (χ1v) is 6.85. The van der Waals surface area contributed by atoms with Gasteiger partial charge in [-0.05, 0) is 28.1 Å². The highest BCUT2D eigenvalue weighted by atomic mass is 79.9. The third-order valence-electron chi connectivity index (χ3n) is 2.55. The van der Waals surface area contributed by atoms with Crippen molar-refractivity contribution in [3.05, 3.63) is 38.0 Å². The van der Waals surface area contributed by atoms with E-state index in [1.165, 1.54) is 0 Å². The smallest absolute Gasteiger partial charge is 0.333 e. The Bertz CT molecular complexity index is 699. The van der Waals surface area contributed by atoms with Crippen molar-refractivity contribution >= 4 is 39.1 Å². The van der Waals surface area contributed by atoms with Crippen molar-refractivity contribution in [2.45, 2.75) is 12.4 Å². The summed E-state index contributed by atoms with van der Waals surface area (Å²) in [6.45, 7) is 0. The van der Waals surface area contributed by atoms with E-state index in [1.54, 1.807) is 0 Å². The number of nitrogens with one attached hydrogen (secondary N) is 1. The summed E-state index contributed by atoms with van der Waals surface area (Å²) in [4.78, 5) is 5.50. The number of rotatable bonds is 1.